The van der Waals surface area contributed by atoms with Gasteiger partial charge in [0.25, 0.3) is 0 Å². The van der Waals surface area contributed by atoms with Crippen LogP contribution in [0.5, 0.6) is 5.88 Å². The first-order chi connectivity index (χ1) is 12.8. The van der Waals surface area contributed by atoms with Crippen LogP contribution in [0.4, 0.5) is 13.2 Å². The number of hydrogen-bond acceptors (Lipinski definition) is 4. The number of rotatable bonds is 5. The lowest BCUT2D eigenvalue weighted by molar-refractivity contribution is -0.154. The molecular weight excluding hydrogens is 357 g/mol. The standard InChI is InChI=1S/C20H23F3N2O2/c21-20(22,23)15-27-18-8-7-16(13-24-18)14-25-11-4-9-19(26,10-12-25)17-5-2-1-3-6-17/h1-3,5-8,13,26H,4,9-12,14-15H2. The molecule has 1 N–H and O–H groups in total. The number of alkyl halides is 3. The maximum absolute atomic E-state index is 12.2. The molecule has 0 aliphatic carbocycles. The average molecular weight is 380 g/mol. The molecule has 1 atom stereocenters. The van der Waals surface area contributed by atoms with Crippen molar-refractivity contribution < 1.29 is 23.0 Å². The van der Waals surface area contributed by atoms with Gasteiger partial charge in [0.1, 0.15) is 0 Å². The Morgan fingerprint density at radius 1 is 1.07 bits per heavy atom. The summed E-state index contributed by atoms with van der Waals surface area (Å²) < 4.78 is 41.1. The molecular formula is C20H23F3N2O2. The molecule has 7 heteroatoms. The van der Waals surface area contributed by atoms with Crippen LogP contribution in [0.1, 0.15) is 30.4 Å². The molecule has 0 saturated carbocycles. The summed E-state index contributed by atoms with van der Waals surface area (Å²) in [6, 6.07) is 12.9. The fourth-order valence-corrected chi connectivity index (χ4v) is 3.37. The van der Waals surface area contributed by atoms with Crippen LogP contribution in [0.15, 0.2) is 48.7 Å². The van der Waals surface area contributed by atoms with Crippen molar-refractivity contribution in [1.82, 2.24) is 9.88 Å². The first-order valence-corrected chi connectivity index (χ1v) is 8.99. The number of pyridine rings is 1. The predicted molar refractivity (Wildman–Crippen MR) is 95.3 cm³/mol. The summed E-state index contributed by atoms with van der Waals surface area (Å²) in [6.07, 6.45) is -0.624. The summed E-state index contributed by atoms with van der Waals surface area (Å²) in [5, 5.41) is 11.0. The Hall–Kier alpha value is -2.12. The molecule has 27 heavy (non-hydrogen) atoms. The zero-order valence-corrected chi connectivity index (χ0v) is 15.0. The highest BCUT2D eigenvalue weighted by molar-refractivity contribution is 5.23. The zero-order valence-electron chi connectivity index (χ0n) is 15.0. The smallest absolute Gasteiger partial charge is 0.422 e. The lowest BCUT2D eigenvalue weighted by atomic mass is 9.87. The summed E-state index contributed by atoms with van der Waals surface area (Å²) in [7, 11) is 0. The number of hydrogen-bond donors (Lipinski definition) is 1. The van der Waals surface area contributed by atoms with Crippen molar-refractivity contribution >= 4 is 0 Å². The van der Waals surface area contributed by atoms with E-state index in [0.29, 0.717) is 19.4 Å². The largest absolute Gasteiger partial charge is 0.468 e. The minimum absolute atomic E-state index is 0.0367. The number of likely N-dealkylation sites (tertiary alicyclic amines) is 1. The Morgan fingerprint density at radius 3 is 2.52 bits per heavy atom. The maximum atomic E-state index is 12.2. The third kappa shape index (κ3) is 5.68. The van der Waals surface area contributed by atoms with Gasteiger partial charge in [-0.15, -0.1) is 0 Å². The fraction of sp³-hybridized carbons (Fsp3) is 0.450. The molecule has 1 fully saturated rings. The SMILES string of the molecule is OC1(c2ccccc2)CCCN(Cc2ccc(OCC(F)(F)F)nc2)CC1. The fourth-order valence-electron chi connectivity index (χ4n) is 3.37. The highest BCUT2D eigenvalue weighted by atomic mass is 19.4. The third-order valence-electron chi connectivity index (χ3n) is 4.80. The number of ether oxygens (including phenoxy) is 1. The van der Waals surface area contributed by atoms with E-state index in [1.165, 1.54) is 6.07 Å². The second-order valence-electron chi connectivity index (χ2n) is 6.94. The van der Waals surface area contributed by atoms with Gasteiger partial charge in [-0.3, -0.25) is 4.90 Å². The van der Waals surface area contributed by atoms with Crippen LogP contribution >= 0.6 is 0 Å². The minimum Gasteiger partial charge on any atom is -0.468 e. The van der Waals surface area contributed by atoms with E-state index in [1.54, 1.807) is 12.3 Å². The highest BCUT2D eigenvalue weighted by Crippen LogP contribution is 2.33. The Morgan fingerprint density at radius 2 is 1.85 bits per heavy atom. The lowest BCUT2D eigenvalue weighted by Gasteiger charge is -2.27. The Labute approximate surface area is 156 Å². The highest BCUT2D eigenvalue weighted by Gasteiger charge is 2.32. The van der Waals surface area contributed by atoms with Crippen LogP contribution in [0.25, 0.3) is 0 Å². The second-order valence-corrected chi connectivity index (χ2v) is 6.94. The van der Waals surface area contributed by atoms with Crippen LogP contribution in [0.2, 0.25) is 0 Å². The molecule has 3 rings (SSSR count). The minimum atomic E-state index is -4.37. The van der Waals surface area contributed by atoms with Crippen LogP contribution < -0.4 is 4.74 Å². The Balaban J connectivity index is 1.56. The van der Waals surface area contributed by atoms with Crippen molar-refractivity contribution in [2.75, 3.05) is 19.7 Å². The lowest BCUT2D eigenvalue weighted by Crippen LogP contribution is -2.29. The number of benzene rings is 1. The van der Waals surface area contributed by atoms with Crippen LogP contribution in [0, 0.1) is 0 Å². The van der Waals surface area contributed by atoms with Gasteiger partial charge in [-0.05, 0) is 36.9 Å². The van der Waals surface area contributed by atoms with E-state index in [9.17, 15) is 18.3 Å². The van der Waals surface area contributed by atoms with E-state index < -0.39 is 18.4 Å². The first kappa shape index (κ1) is 19.6. The van der Waals surface area contributed by atoms with Gasteiger partial charge in [-0.1, -0.05) is 36.4 Å². The predicted octanol–water partition coefficient (Wildman–Crippen LogP) is 3.90. The van der Waals surface area contributed by atoms with Crippen LogP contribution in [-0.2, 0) is 12.1 Å². The van der Waals surface area contributed by atoms with Gasteiger partial charge in [0.2, 0.25) is 5.88 Å². The molecule has 1 unspecified atom stereocenters. The summed E-state index contributed by atoms with van der Waals surface area (Å²) in [6.45, 7) is 0.875. The van der Waals surface area contributed by atoms with Crippen LogP contribution in [-0.4, -0.2) is 40.9 Å². The second kappa shape index (κ2) is 8.27. The van der Waals surface area contributed by atoms with Crippen molar-refractivity contribution in [1.29, 1.82) is 0 Å². The molecule has 0 amide bonds. The maximum Gasteiger partial charge on any atom is 0.422 e. The molecule has 1 aromatic heterocycles. The summed E-state index contributed by atoms with van der Waals surface area (Å²) in [5.41, 5.74) is 1.03. The molecule has 1 aromatic carbocycles. The summed E-state index contributed by atoms with van der Waals surface area (Å²) in [4.78, 5) is 6.18. The molecule has 1 saturated heterocycles. The molecule has 2 aromatic rings. The van der Waals surface area contributed by atoms with E-state index >= 15 is 0 Å². The van der Waals surface area contributed by atoms with Gasteiger partial charge in [0.05, 0.1) is 5.60 Å². The molecule has 0 bridgehead atoms. The van der Waals surface area contributed by atoms with Gasteiger partial charge >= 0.3 is 6.18 Å². The van der Waals surface area contributed by atoms with Crippen molar-refractivity contribution in [2.24, 2.45) is 0 Å². The van der Waals surface area contributed by atoms with E-state index in [0.717, 1.165) is 30.6 Å². The molecule has 0 spiro atoms. The van der Waals surface area contributed by atoms with Gasteiger partial charge in [0, 0.05) is 25.4 Å². The van der Waals surface area contributed by atoms with E-state index in [2.05, 4.69) is 14.6 Å². The Kier molecular flexibility index (Phi) is 6.01. The van der Waals surface area contributed by atoms with Crippen molar-refractivity contribution in [3.63, 3.8) is 0 Å². The number of aromatic nitrogens is 1. The topological polar surface area (TPSA) is 45.6 Å². The van der Waals surface area contributed by atoms with Gasteiger partial charge < -0.3 is 9.84 Å². The summed E-state index contributed by atoms with van der Waals surface area (Å²) >= 11 is 0. The van der Waals surface area contributed by atoms with Gasteiger partial charge in [-0.25, -0.2) is 4.98 Å². The van der Waals surface area contributed by atoms with Crippen molar-refractivity contribution in [2.45, 2.75) is 37.6 Å². The van der Waals surface area contributed by atoms with Gasteiger partial charge in [0.15, 0.2) is 6.61 Å². The monoisotopic (exact) mass is 380 g/mol. The third-order valence-corrected chi connectivity index (χ3v) is 4.80. The molecule has 146 valence electrons. The van der Waals surface area contributed by atoms with Crippen molar-refractivity contribution in [3.8, 4) is 5.88 Å². The number of halogens is 3. The van der Waals surface area contributed by atoms with E-state index in [-0.39, 0.29) is 5.88 Å². The molecule has 1 aliphatic rings. The van der Waals surface area contributed by atoms with Gasteiger partial charge in [-0.2, -0.15) is 13.2 Å². The van der Waals surface area contributed by atoms with E-state index in [4.69, 9.17) is 0 Å². The number of aliphatic hydroxyl groups is 1. The quantitative estimate of drug-likeness (QED) is 0.855. The zero-order chi connectivity index (χ0) is 19.3. The molecule has 4 nitrogen and oxygen atoms in total. The van der Waals surface area contributed by atoms with E-state index in [1.807, 2.05) is 30.3 Å². The Bertz CT molecular complexity index is 722. The molecule has 0 radical (unpaired) electrons. The summed E-state index contributed by atoms with van der Waals surface area (Å²) in [5.74, 6) is -0.0367. The van der Waals surface area contributed by atoms with Crippen LogP contribution in [0.3, 0.4) is 0 Å². The van der Waals surface area contributed by atoms with Crippen molar-refractivity contribution in [3.05, 3.63) is 59.8 Å². The molecule has 1 aliphatic heterocycles. The average Bonchev–Trinajstić information content (AvgIpc) is 2.84. The molecule has 2 heterocycles. The number of nitrogens with zero attached hydrogens (tertiary/aromatic N) is 2. The first-order valence-electron chi connectivity index (χ1n) is 8.99. The normalized spacial score (nSPS) is 21.6.